The Kier molecular flexibility index (Phi) is 5.53. The highest BCUT2D eigenvalue weighted by Crippen LogP contribution is 2.19. The van der Waals surface area contributed by atoms with E-state index in [1.165, 1.54) is 12.8 Å². The van der Waals surface area contributed by atoms with Gasteiger partial charge in [0.25, 0.3) is 5.91 Å². The number of nitrogens with zero attached hydrogens (tertiary/aromatic N) is 4. The smallest absolute Gasteiger partial charge is 0.256 e. The van der Waals surface area contributed by atoms with E-state index in [0.717, 1.165) is 38.4 Å². The summed E-state index contributed by atoms with van der Waals surface area (Å²) in [7, 11) is 1.83. The van der Waals surface area contributed by atoms with Crippen molar-refractivity contribution < 1.29 is 4.79 Å². The van der Waals surface area contributed by atoms with Crippen molar-refractivity contribution in [2.75, 3.05) is 31.6 Å². The maximum absolute atomic E-state index is 12.2. The first-order chi connectivity index (χ1) is 10.1. The molecule has 5 heteroatoms. The van der Waals surface area contributed by atoms with Crippen LogP contribution in [0.5, 0.6) is 0 Å². The first-order valence-corrected chi connectivity index (χ1v) is 7.94. The second kappa shape index (κ2) is 7.38. The van der Waals surface area contributed by atoms with Gasteiger partial charge in [0.05, 0.1) is 5.56 Å². The highest BCUT2D eigenvalue weighted by atomic mass is 16.2. The molecule has 0 spiro atoms. The lowest BCUT2D eigenvalue weighted by Gasteiger charge is -2.30. The zero-order valence-electron chi connectivity index (χ0n) is 13.4. The van der Waals surface area contributed by atoms with E-state index in [1.807, 2.05) is 7.05 Å². The quantitative estimate of drug-likeness (QED) is 0.836. The molecule has 0 saturated carbocycles. The number of hydrogen-bond donors (Lipinski definition) is 0. The molecule has 1 aromatic heterocycles. The normalized spacial score (nSPS) is 18.6. The lowest BCUT2D eigenvalue weighted by atomic mass is 10.0. The van der Waals surface area contributed by atoms with E-state index in [1.54, 1.807) is 17.3 Å². The second-order valence-electron chi connectivity index (χ2n) is 6.05. The van der Waals surface area contributed by atoms with Crippen LogP contribution in [0.1, 0.15) is 49.9 Å². The third-order valence-electron chi connectivity index (χ3n) is 4.02. The number of hydrogen-bond acceptors (Lipinski definition) is 4. The van der Waals surface area contributed by atoms with E-state index >= 15 is 0 Å². The third kappa shape index (κ3) is 4.16. The molecular formula is C16H26N4O. The van der Waals surface area contributed by atoms with Crippen molar-refractivity contribution in [3.8, 4) is 0 Å². The fraction of sp³-hybridized carbons (Fsp3) is 0.688. The highest BCUT2D eigenvalue weighted by molar-refractivity contribution is 5.93. The van der Waals surface area contributed by atoms with Crippen LogP contribution in [0.25, 0.3) is 0 Å². The van der Waals surface area contributed by atoms with Gasteiger partial charge in [0.15, 0.2) is 0 Å². The van der Waals surface area contributed by atoms with E-state index in [2.05, 4.69) is 28.7 Å². The summed E-state index contributed by atoms with van der Waals surface area (Å²) in [5.74, 6) is 1.43. The number of anilines is 1. The Morgan fingerprint density at radius 3 is 2.76 bits per heavy atom. The highest BCUT2D eigenvalue weighted by Gasteiger charge is 2.19. The van der Waals surface area contributed by atoms with Gasteiger partial charge >= 0.3 is 0 Å². The van der Waals surface area contributed by atoms with Crippen molar-refractivity contribution in [1.82, 2.24) is 14.9 Å². The summed E-state index contributed by atoms with van der Waals surface area (Å²) in [5.41, 5.74) is 0.572. The van der Waals surface area contributed by atoms with Crippen molar-refractivity contribution in [3.63, 3.8) is 0 Å². The van der Waals surface area contributed by atoms with E-state index in [4.69, 9.17) is 0 Å². The fourth-order valence-electron chi connectivity index (χ4n) is 2.68. The predicted molar refractivity (Wildman–Crippen MR) is 84.5 cm³/mol. The molecule has 2 rings (SSSR count). The Balaban J connectivity index is 1.99. The molecule has 0 N–H and O–H groups in total. The van der Waals surface area contributed by atoms with Crippen LogP contribution in [0, 0.1) is 5.92 Å². The minimum Gasteiger partial charge on any atom is -0.342 e. The summed E-state index contributed by atoms with van der Waals surface area (Å²) < 4.78 is 0. The molecule has 1 atom stereocenters. The van der Waals surface area contributed by atoms with Crippen LogP contribution in [0.3, 0.4) is 0 Å². The van der Waals surface area contributed by atoms with Gasteiger partial charge in [-0.05, 0) is 25.2 Å². The molecule has 0 aliphatic carbocycles. The summed E-state index contributed by atoms with van der Waals surface area (Å²) >= 11 is 0. The molecule has 1 fully saturated rings. The largest absolute Gasteiger partial charge is 0.342 e. The van der Waals surface area contributed by atoms with Crippen LogP contribution in [-0.2, 0) is 0 Å². The first kappa shape index (κ1) is 15.7. The average molecular weight is 290 g/mol. The molecule has 1 aromatic rings. The predicted octanol–water partition coefficient (Wildman–Crippen LogP) is 2.59. The van der Waals surface area contributed by atoms with Gasteiger partial charge in [-0.15, -0.1) is 0 Å². The molecule has 1 aliphatic rings. The lowest BCUT2D eigenvalue weighted by molar-refractivity contribution is 0.0792. The summed E-state index contributed by atoms with van der Waals surface area (Å²) in [6.07, 6.45) is 7.88. The zero-order chi connectivity index (χ0) is 15.2. The molecule has 1 amide bonds. The van der Waals surface area contributed by atoms with Gasteiger partial charge in [-0.3, -0.25) is 4.79 Å². The molecule has 5 nitrogen and oxygen atoms in total. The number of aromatic nitrogens is 2. The lowest BCUT2D eigenvalue weighted by Crippen LogP contribution is -2.35. The topological polar surface area (TPSA) is 49.3 Å². The molecule has 1 unspecified atom stereocenters. The number of piperidine rings is 1. The SMILES string of the molecule is CCCCN(C)C(=O)c1cnc(N2CCCC(C)C2)nc1. The molecule has 0 aromatic carbocycles. The fourth-order valence-corrected chi connectivity index (χ4v) is 2.68. The van der Waals surface area contributed by atoms with Crippen LogP contribution in [-0.4, -0.2) is 47.5 Å². The maximum atomic E-state index is 12.2. The summed E-state index contributed by atoms with van der Waals surface area (Å²) in [4.78, 5) is 25.0. The minimum atomic E-state index is 0.00186. The van der Waals surface area contributed by atoms with Crippen molar-refractivity contribution in [2.45, 2.75) is 39.5 Å². The van der Waals surface area contributed by atoms with Gasteiger partial charge in [-0.25, -0.2) is 9.97 Å². The average Bonchev–Trinajstić information content (AvgIpc) is 2.52. The van der Waals surface area contributed by atoms with Crippen molar-refractivity contribution >= 4 is 11.9 Å². The summed E-state index contributed by atoms with van der Waals surface area (Å²) in [6, 6.07) is 0. The number of carbonyl (C=O) groups excluding carboxylic acids is 1. The van der Waals surface area contributed by atoms with Crippen LogP contribution in [0.15, 0.2) is 12.4 Å². The Bertz CT molecular complexity index is 460. The van der Waals surface area contributed by atoms with Gasteiger partial charge in [0, 0.05) is 39.1 Å². The van der Waals surface area contributed by atoms with Gasteiger partial charge in [0.2, 0.25) is 5.95 Å². The van der Waals surface area contributed by atoms with Gasteiger partial charge in [-0.2, -0.15) is 0 Å². The first-order valence-electron chi connectivity index (χ1n) is 7.94. The minimum absolute atomic E-state index is 0.00186. The molecule has 1 aliphatic heterocycles. The summed E-state index contributed by atoms with van der Waals surface area (Å²) in [5, 5.41) is 0. The second-order valence-corrected chi connectivity index (χ2v) is 6.05. The molecule has 21 heavy (non-hydrogen) atoms. The maximum Gasteiger partial charge on any atom is 0.256 e. The molecule has 116 valence electrons. The van der Waals surface area contributed by atoms with Gasteiger partial charge in [-0.1, -0.05) is 20.3 Å². The molecule has 0 radical (unpaired) electrons. The number of carbonyl (C=O) groups is 1. The summed E-state index contributed by atoms with van der Waals surface area (Å²) in [6.45, 7) is 7.17. The van der Waals surface area contributed by atoms with E-state index in [9.17, 15) is 4.79 Å². The Morgan fingerprint density at radius 1 is 1.43 bits per heavy atom. The molecule has 0 bridgehead atoms. The standard InChI is InChI=1S/C16H26N4O/c1-4-5-8-19(3)15(21)14-10-17-16(18-11-14)20-9-6-7-13(2)12-20/h10-11,13H,4-9,12H2,1-3H3. The molecule has 2 heterocycles. The van der Waals surface area contributed by atoms with E-state index in [0.29, 0.717) is 11.5 Å². The monoisotopic (exact) mass is 290 g/mol. The number of unbranched alkanes of at least 4 members (excludes halogenated alkanes) is 1. The van der Waals surface area contributed by atoms with Crippen LogP contribution < -0.4 is 4.90 Å². The van der Waals surface area contributed by atoms with Crippen LogP contribution >= 0.6 is 0 Å². The Hall–Kier alpha value is -1.65. The van der Waals surface area contributed by atoms with Crippen molar-refractivity contribution in [1.29, 1.82) is 0 Å². The van der Waals surface area contributed by atoms with E-state index in [-0.39, 0.29) is 5.91 Å². The zero-order valence-corrected chi connectivity index (χ0v) is 13.4. The van der Waals surface area contributed by atoms with Crippen LogP contribution in [0.2, 0.25) is 0 Å². The Labute approximate surface area is 127 Å². The van der Waals surface area contributed by atoms with E-state index < -0.39 is 0 Å². The van der Waals surface area contributed by atoms with Gasteiger partial charge < -0.3 is 9.80 Å². The van der Waals surface area contributed by atoms with Crippen molar-refractivity contribution in [3.05, 3.63) is 18.0 Å². The molecular weight excluding hydrogens is 264 g/mol. The Morgan fingerprint density at radius 2 is 2.14 bits per heavy atom. The van der Waals surface area contributed by atoms with Crippen molar-refractivity contribution in [2.24, 2.45) is 5.92 Å². The molecule has 1 saturated heterocycles. The third-order valence-corrected chi connectivity index (χ3v) is 4.02. The number of rotatable bonds is 5. The van der Waals surface area contributed by atoms with Crippen LogP contribution in [0.4, 0.5) is 5.95 Å². The van der Waals surface area contributed by atoms with Gasteiger partial charge in [0.1, 0.15) is 0 Å². The number of amides is 1.